The summed E-state index contributed by atoms with van der Waals surface area (Å²) in [5.74, 6) is -0.995. The van der Waals surface area contributed by atoms with Gasteiger partial charge in [-0.3, -0.25) is 14.4 Å². The van der Waals surface area contributed by atoms with Crippen LogP contribution in [0, 0.1) is 0 Å². The summed E-state index contributed by atoms with van der Waals surface area (Å²) < 4.78 is 16.8. The average Bonchev–Trinajstić information content (AvgIpc) is 3.39. The summed E-state index contributed by atoms with van der Waals surface area (Å²) in [7, 11) is 0. The molecule has 0 amide bonds. The summed E-state index contributed by atoms with van der Waals surface area (Å²) >= 11 is 0. The van der Waals surface area contributed by atoms with Gasteiger partial charge in [0.05, 0.1) is 0 Å². The number of esters is 3. The van der Waals surface area contributed by atoms with E-state index in [9.17, 15) is 14.4 Å². The van der Waals surface area contributed by atoms with Crippen molar-refractivity contribution in [3.05, 3.63) is 109 Å². The Hall–Kier alpha value is -3.93. The first kappa shape index (κ1) is 69.1. The van der Waals surface area contributed by atoms with Crippen LogP contribution in [0.25, 0.3) is 0 Å². The van der Waals surface area contributed by atoms with Crippen LogP contribution in [-0.4, -0.2) is 37.2 Å². The van der Waals surface area contributed by atoms with Gasteiger partial charge in [0.15, 0.2) is 6.10 Å². The first-order valence-electron chi connectivity index (χ1n) is 30.4. The number of allylic oxidation sites excluding steroid dienone is 18. The third-order valence-corrected chi connectivity index (χ3v) is 12.8. The van der Waals surface area contributed by atoms with Crippen LogP contribution in [0.2, 0.25) is 0 Å². The van der Waals surface area contributed by atoms with Gasteiger partial charge in [-0.2, -0.15) is 0 Å². The van der Waals surface area contributed by atoms with Crippen LogP contribution >= 0.6 is 0 Å². The third-order valence-electron chi connectivity index (χ3n) is 12.8. The van der Waals surface area contributed by atoms with Crippen LogP contribution in [0.4, 0.5) is 0 Å². The highest BCUT2D eigenvalue weighted by Crippen LogP contribution is 2.15. The fourth-order valence-electron chi connectivity index (χ4n) is 8.24. The first-order chi connectivity index (χ1) is 36.0. The molecule has 0 fully saturated rings. The van der Waals surface area contributed by atoms with Crippen LogP contribution in [0.5, 0.6) is 0 Å². The standard InChI is InChI=1S/C67H112O6/c1-4-7-10-13-16-19-22-24-26-28-30-31-32-33-34-35-37-38-40-42-45-48-51-54-57-60-66(69)72-63-64(62-71-65(68)59-56-53-50-47-44-21-18-15-12-9-6-3)73-67(70)61-58-55-52-49-46-43-41-39-36-29-27-25-23-20-17-14-11-8-5-2/h8,11,17,20,22,24-25,27-28,30,32-33,36,39,43,46,52,55,64H,4-7,9-10,12-16,18-19,21,23,26,29,31,34-35,37-38,40-42,44-45,47-51,53-54,56-63H2,1-3H3/b11-8-,20-17-,24-22-,27-25-,30-28-,33-32-,39-36-,46-43-,55-52-. The molecule has 1 unspecified atom stereocenters. The van der Waals surface area contributed by atoms with E-state index < -0.39 is 12.1 Å². The molecule has 1 atom stereocenters. The van der Waals surface area contributed by atoms with E-state index in [1.165, 1.54) is 141 Å². The van der Waals surface area contributed by atoms with Crippen molar-refractivity contribution in [2.24, 2.45) is 0 Å². The predicted octanol–water partition coefficient (Wildman–Crippen LogP) is 20.7. The van der Waals surface area contributed by atoms with Crippen molar-refractivity contribution in [3.63, 3.8) is 0 Å². The average molecular weight is 1010 g/mol. The number of hydrogen-bond acceptors (Lipinski definition) is 6. The molecule has 0 aromatic rings. The normalized spacial score (nSPS) is 12.9. The van der Waals surface area contributed by atoms with Gasteiger partial charge in [-0.1, -0.05) is 271 Å². The number of rotatable bonds is 54. The topological polar surface area (TPSA) is 78.9 Å². The van der Waals surface area contributed by atoms with Gasteiger partial charge in [0.2, 0.25) is 0 Å². The second kappa shape index (κ2) is 60.6. The van der Waals surface area contributed by atoms with Crippen molar-refractivity contribution in [1.82, 2.24) is 0 Å². The molecule has 0 aliphatic heterocycles. The van der Waals surface area contributed by atoms with Crippen molar-refractivity contribution in [2.45, 2.75) is 284 Å². The summed E-state index contributed by atoms with van der Waals surface area (Å²) in [5.41, 5.74) is 0. The maximum Gasteiger partial charge on any atom is 0.306 e. The van der Waals surface area contributed by atoms with Crippen LogP contribution in [0.1, 0.15) is 278 Å². The molecule has 0 aliphatic carbocycles. The van der Waals surface area contributed by atoms with Crippen molar-refractivity contribution in [2.75, 3.05) is 13.2 Å². The molecule has 0 saturated heterocycles. The van der Waals surface area contributed by atoms with E-state index in [0.717, 1.165) is 89.9 Å². The highest BCUT2D eigenvalue weighted by molar-refractivity contribution is 5.71. The molecular weight excluding hydrogens is 901 g/mol. The van der Waals surface area contributed by atoms with Crippen LogP contribution in [0.3, 0.4) is 0 Å². The van der Waals surface area contributed by atoms with Crippen molar-refractivity contribution < 1.29 is 28.6 Å². The lowest BCUT2D eigenvalue weighted by atomic mass is 10.1. The molecule has 0 bridgehead atoms. The highest BCUT2D eigenvalue weighted by Gasteiger charge is 2.19. The second-order valence-corrected chi connectivity index (χ2v) is 19.9. The maximum absolute atomic E-state index is 12.8. The Balaban J connectivity index is 4.39. The largest absolute Gasteiger partial charge is 0.462 e. The number of hydrogen-bond donors (Lipinski definition) is 0. The van der Waals surface area contributed by atoms with Gasteiger partial charge >= 0.3 is 17.9 Å². The van der Waals surface area contributed by atoms with E-state index in [0.29, 0.717) is 19.3 Å². The molecule has 416 valence electrons. The minimum atomic E-state index is -0.820. The minimum Gasteiger partial charge on any atom is -0.462 e. The van der Waals surface area contributed by atoms with Gasteiger partial charge in [0.25, 0.3) is 0 Å². The molecular formula is C67H112O6. The van der Waals surface area contributed by atoms with E-state index in [2.05, 4.69) is 124 Å². The lowest BCUT2D eigenvalue weighted by molar-refractivity contribution is -0.166. The second-order valence-electron chi connectivity index (χ2n) is 19.9. The zero-order valence-electron chi connectivity index (χ0n) is 47.6. The zero-order chi connectivity index (χ0) is 52.9. The molecule has 0 aliphatic rings. The van der Waals surface area contributed by atoms with E-state index in [1.807, 2.05) is 6.08 Å². The summed E-state index contributed by atoms with van der Waals surface area (Å²) in [6.45, 7) is 6.45. The molecule has 0 rings (SSSR count). The molecule has 6 heteroatoms. The number of unbranched alkanes of at least 4 members (excludes halogenated alkanes) is 25. The van der Waals surface area contributed by atoms with E-state index in [1.54, 1.807) is 0 Å². The van der Waals surface area contributed by atoms with Crippen LogP contribution in [0.15, 0.2) is 109 Å². The molecule has 0 spiro atoms. The predicted molar refractivity (Wildman–Crippen MR) is 316 cm³/mol. The fraction of sp³-hybridized carbons (Fsp3) is 0.687. The molecule has 0 saturated carbocycles. The SMILES string of the molecule is CC/C=C\C/C=C\C/C=C\C/C=C\C/C=C\C/C=C\CCC(=O)OC(COC(=O)CCCCCCCCCCCCC)COC(=O)CCCCCCCCCCCC/C=C\C/C=C\C/C=C\CCCCCCC. The Morgan fingerprint density at radius 2 is 0.562 bits per heavy atom. The summed E-state index contributed by atoms with van der Waals surface area (Å²) in [6.07, 6.45) is 82.4. The van der Waals surface area contributed by atoms with Gasteiger partial charge in [-0.05, 0) is 96.3 Å². The Morgan fingerprint density at radius 1 is 0.288 bits per heavy atom. The van der Waals surface area contributed by atoms with E-state index in [4.69, 9.17) is 14.2 Å². The van der Waals surface area contributed by atoms with Crippen molar-refractivity contribution in [1.29, 1.82) is 0 Å². The molecule has 73 heavy (non-hydrogen) atoms. The molecule has 6 nitrogen and oxygen atoms in total. The van der Waals surface area contributed by atoms with E-state index >= 15 is 0 Å². The van der Waals surface area contributed by atoms with Crippen molar-refractivity contribution >= 4 is 17.9 Å². The molecule has 0 radical (unpaired) electrons. The summed E-state index contributed by atoms with van der Waals surface area (Å²) in [6, 6.07) is 0. The van der Waals surface area contributed by atoms with Gasteiger partial charge < -0.3 is 14.2 Å². The van der Waals surface area contributed by atoms with E-state index in [-0.39, 0.29) is 31.6 Å². The Morgan fingerprint density at radius 3 is 0.890 bits per heavy atom. The Bertz CT molecular complexity index is 1490. The van der Waals surface area contributed by atoms with Gasteiger partial charge in [-0.15, -0.1) is 0 Å². The molecule has 0 heterocycles. The number of carbonyl (C=O) groups excluding carboxylic acids is 3. The highest BCUT2D eigenvalue weighted by atomic mass is 16.6. The fourth-order valence-corrected chi connectivity index (χ4v) is 8.24. The molecule has 0 aromatic heterocycles. The van der Waals surface area contributed by atoms with Crippen LogP contribution < -0.4 is 0 Å². The maximum atomic E-state index is 12.8. The Labute approximate surface area is 450 Å². The van der Waals surface area contributed by atoms with Gasteiger partial charge in [0.1, 0.15) is 13.2 Å². The monoisotopic (exact) mass is 1010 g/mol. The summed E-state index contributed by atoms with van der Waals surface area (Å²) in [4.78, 5) is 38.1. The third kappa shape index (κ3) is 58.8. The first-order valence-corrected chi connectivity index (χ1v) is 30.4. The van der Waals surface area contributed by atoms with Gasteiger partial charge in [-0.25, -0.2) is 0 Å². The lowest BCUT2D eigenvalue weighted by Gasteiger charge is -2.18. The van der Waals surface area contributed by atoms with Gasteiger partial charge in [0, 0.05) is 19.3 Å². The quantitative estimate of drug-likeness (QED) is 0.0261. The number of ether oxygens (including phenoxy) is 3. The summed E-state index contributed by atoms with van der Waals surface area (Å²) in [5, 5.41) is 0. The molecule has 0 N–H and O–H groups in total. The lowest BCUT2D eigenvalue weighted by Crippen LogP contribution is -2.30. The number of carbonyl (C=O) groups is 3. The Kier molecular flexibility index (Phi) is 57.4. The molecule has 0 aromatic carbocycles. The minimum absolute atomic E-state index is 0.109. The smallest absolute Gasteiger partial charge is 0.306 e. The van der Waals surface area contributed by atoms with Crippen LogP contribution in [-0.2, 0) is 28.6 Å². The van der Waals surface area contributed by atoms with Crippen molar-refractivity contribution in [3.8, 4) is 0 Å². The zero-order valence-corrected chi connectivity index (χ0v) is 47.6.